The molecular formula is C17H22N2O3S. The van der Waals surface area contributed by atoms with E-state index in [0.29, 0.717) is 6.54 Å². The summed E-state index contributed by atoms with van der Waals surface area (Å²) in [5.74, 6) is 0.831. The first kappa shape index (κ1) is 17.3. The monoisotopic (exact) mass is 334 g/mol. The lowest BCUT2D eigenvalue weighted by Crippen LogP contribution is -2.43. The molecule has 1 atom stereocenters. The first-order valence-electron chi connectivity index (χ1n) is 7.38. The second-order valence-corrected chi connectivity index (χ2v) is 6.33. The maximum absolute atomic E-state index is 12.0. The van der Waals surface area contributed by atoms with Gasteiger partial charge in [-0.15, -0.1) is 11.3 Å². The second kappa shape index (κ2) is 7.99. The standard InChI is InChI=1S/C17H22N2O3S/c1-12(10-20)19(2)17(21)18-9-16-8-14(11-23-16)13-4-6-15(22-3)7-5-13/h4-8,11-12,20H,9-10H2,1-3H3,(H,18,21). The molecule has 0 aliphatic heterocycles. The maximum atomic E-state index is 12.0. The Hall–Kier alpha value is -2.05. The first-order chi connectivity index (χ1) is 11.0. The molecule has 0 spiro atoms. The first-order valence-corrected chi connectivity index (χ1v) is 8.26. The van der Waals surface area contributed by atoms with Crippen molar-refractivity contribution in [3.8, 4) is 16.9 Å². The highest BCUT2D eigenvalue weighted by atomic mass is 32.1. The van der Waals surface area contributed by atoms with Crippen LogP contribution in [-0.2, 0) is 6.54 Å². The van der Waals surface area contributed by atoms with Crippen molar-refractivity contribution in [3.63, 3.8) is 0 Å². The largest absolute Gasteiger partial charge is 0.497 e. The van der Waals surface area contributed by atoms with Crippen LogP contribution in [0.3, 0.4) is 0 Å². The van der Waals surface area contributed by atoms with Crippen LogP contribution in [0.2, 0.25) is 0 Å². The van der Waals surface area contributed by atoms with Crippen LogP contribution in [0.1, 0.15) is 11.8 Å². The van der Waals surface area contributed by atoms with Gasteiger partial charge in [0.1, 0.15) is 5.75 Å². The average Bonchev–Trinajstić information content (AvgIpc) is 3.07. The van der Waals surface area contributed by atoms with E-state index >= 15 is 0 Å². The van der Waals surface area contributed by atoms with Gasteiger partial charge < -0.3 is 20.1 Å². The molecule has 2 amide bonds. The number of benzene rings is 1. The maximum Gasteiger partial charge on any atom is 0.317 e. The quantitative estimate of drug-likeness (QED) is 0.854. The number of carbonyl (C=O) groups excluding carboxylic acids is 1. The van der Waals surface area contributed by atoms with E-state index in [-0.39, 0.29) is 18.7 Å². The molecule has 0 radical (unpaired) electrons. The molecule has 0 aliphatic rings. The van der Waals surface area contributed by atoms with Gasteiger partial charge in [0, 0.05) is 11.9 Å². The van der Waals surface area contributed by atoms with Crippen LogP contribution in [0.5, 0.6) is 5.75 Å². The number of rotatable bonds is 6. The third-order valence-corrected chi connectivity index (χ3v) is 4.67. The summed E-state index contributed by atoms with van der Waals surface area (Å²) in [6.45, 7) is 2.22. The molecule has 1 unspecified atom stereocenters. The molecule has 0 bridgehead atoms. The van der Waals surface area contributed by atoms with Crippen molar-refractivity contribution in [1.82, 2.24) is 10.2 Å². The summed E-state index contributed by atoms with van der Waals surface area (Å²) in [6.07, 6.45) is 0. The molecule has 1 aromatic carbocycles. The van der Waals surface area contributed by atoms with Crippen molar-refractivity contribution in [1.29, 1.82) is 0 Å². The summed E-state index contributed by atoms with van der Waals surface area (Å²) in [6, 6.07) is 9.57. The molecule has 0 aliphatic carbocycles. The highest BCUT2D eigenvalue weighted by Gasteiger charge is 2.14. The SMILES string of the molecule is COc1ccc(-c2csc(CNC(=O)N(C)C(C)CO)c2)cc1. The Morgan fingerprint density at radius 3 is 2.65 bits per heavy atom. The van der Waals surface area contributed by atoms with Crippen LogP contribution in [0.25, 0.3) is 11.1 Å². The molecular weight excluding hydrogens is 312 g/mol. The molecule has 1 aromatic heterocycles. The number of aliphatic hydroxyl groups is 1. The summed E-state index contributed by atoms with van der Waals surface area (Å²) < 4.78 is 5.16. The number of carbonyl (C=O) groups is 1. The average molecular weight is 334 g/mol. The Labute approximate surface area is 140 Å². The van der Waals surface area contributed by atoms with Gasteiger partial charge >= 0.3 is 6.03 Å². The Bertz CT molecular complexity index is 640. The number of urea groups is 1. The fourth-order valence-corrected chi connectivity index (χ4v) is 2.85. The Morgan fingerprint density at radius 2 is 2.04 bits per heavy atom. The van der Waals surface area contributed by atoms with Gasteiger partial charge in [-0.05, 0) is 41.6 Å². The minimum Gasteiger partial charge on any atom is -0.497 e. The van der Waals surface area contributed by atoms with Crippen molar-refractivity contribution >= 4 is 17.4 Å². The van der Waals surface area contributed by atoms with Gasteiger partial charge in [0.2, 0.25) is 0 Å². The number of nitrogens with zero attached hydrogens (tertiary/aromatic N) is 1. The van der Waals surface area contributed by atoms with Crippen molar-refractivity contribution in [2.75, 3.05) is 20.8 Å². The van der Waals surface area contributed by atoms with E-state index < -0.39 is 0 Å². The Balaban J connectivity index is 1.95. The van der Waals surface area contributed by atoms with E-state index in [4.69, 9.17) is 9.84 Å². The topological polar surface area (TPSA) is 61.8 Å². The van der Waals surface area contributed by atoms with E-state index in [2.05, 4.69) is 16.8 Å². The zero-order valence-electron chi connectivity index (χ0n) is 13.6. The number of ether oxygens (including phenoxy) is 1. The zero-order chi connectivity index (χ0) is 16.8. The molecule has 5 nitrogen and oxygen atoms in total. The van der Waals surface area contributed by atoms with Gasteiger partial charge in [-0.2, -0.15) is 0 Å². The van der Waals surface area contributed by atoms with E-state index in [0.717, 1.165) is 21.8 Å². The molecule has 0 saturated carbocycles. The lowest BCUT2D eigenvalue weighted by molar-refractivity contribution is 0.157. The van der Waals surface area contributed by atoms with Crippen molar-refractivity contribution < 1.29 is 14.6 Å². The van der Waals surface area contributed by atoms with Crippen LogP contribution < -0.4 is 10.1 Å². The Morgan fingerprint density at radius 1 is 1.35 bits per heavy atom. The van der Waals surface area contributed by atoms with Gasteiger partial charge in [0.25, 0.3) is 0 Å². The smallest absolute Gasteiger partial charge is 0.317 e. The fourth-order valence-electron chi connectivity index (χ4n) is 2.02. The molecule has 124 valence electrons. The van der Waals surface area contributed by atoms with Crippen LogP contribution in [0, 0.1) is 0 Å². The summed E-state index contributed by atoms with van der Waals surface area (Å²) in [7, 11) is 3.32. The van der Waals surface area contributed by atoms with Crippen molar-refractivity contribution in [3.05, 3.63) is 40.6 Å². The molecule has 23 heavy (non-hydrogen) atoms. The summed E-state index contributed by atoms with van der Waals surface area (Å²) in [4.78, 5) is 14.5. The van der Waals surface area contributed by atoms with E-state index in [1.807, 2.05) is 24.3 Å². The van der Waals surface area contributed by atoms with Crippen LogP contribution in [-0.4, -0.2) is 42.8 Å². The number of likely N-dealkylation sites (N-methyl/N-ethyl adjacent to an activating group) is 1. The van der Waals surface area contributed by atoms with E-state index in [1.165, 1.54) is 4.90 Å². The molecule has 0 fully saturated rings. The molecule has 2 rings (SSSR count). The van der Waals surface area contributed by atoms with Crippen LogP contribution in [0.4, 0.5) is 4.79 Å². The number of methoxy groups -OCH3 is 1. The second-order valence-electron chi connectivity index (χ2n) is 5.33. The van der Waals surface area contributed by atoms with Gasteiger partial charge in [-0.25, -0.2) is 4.79 Å². The molecule has 0 saturated heterocycles. The molecule has 2 aromatic rings. The van der Waals surface area contributed by atoms with Gasteiger partial charge in [-0.3, -0.25) is 0 Å². The number of hydrogen-bond donors (Lipinski definition) is 2. The summed E-state index contributed by atoms with van der Waals surface area (Å²) >= 11 is 1.61. The number of hydrogen-bond acceptors (Lipinski definition) is 4. The third-order valence-electron chi connectivity index (χ3n) is 3.74. The number of nitrogens with one attached hydrogen (secondary N) is 1. The highest BCUT2D eigenvalue weighted by Crippen LogP contribution is 2.27. The van der Waals surface area contributed by atoms with E-state index in [1.54, 1.807) is 32.4 Å². The lowest BCUT2D eigenvalue weighted by Gasteiger charge is -2.23. The van der Waals surface area contributed by atoms with Crippen molar-refractivity contribution in [2.45, 2.75) is 19.5 Å². The summed E-state index contributed by atoms with van der Waals surface area (Å²) in [5, 5.41) is 14.0. The van der Waals surface area contributed by atoms with Gasteiger partial charge in [-0.1, -0.05) is 12.1 Å². The predicted octanol–water partition coefficient (Wildman–Crippen LogP) is 2.95. The normalized spacial score (nSPS) is 11.8. The molecule has 1 heterocycles. The van der Waals surface area contributed by atoms with E-state index in [9.17, 15) is 4.79 Å². The van der Waals surface area contributed by atoms with Crippen LogP contribution in [0.15, 0.2) is 35.7 Å². The number of aliphatic hydroxyl groups excluding tert-OH is 1. The van der Waals surface area contributed by atoms with Crippen molar-refractivity contribution in [2.24, 2.45) is 0 Å². The third kappa shape index (κ3) is 4.46. The minimum atomic E-state index is -0.201. The predicted molar refractivity (Wildman–Crippen MR) is 92.9 cm³/mol. The summed E-state index contributed by atoms with van der Waals surface area (Å²) in [5.41, 5.74) is 2.24. The highest BCUT2D eigenvalue weighted by molar-refractivity contribution is 7.10. The number of amides is 2. The minimum absolute atomic E-state index is 0.0511. The molecule has 2 N–H and O–H groups in total. The zero-order valence-corrected chi connectivity index (χ0v) is 14.4. The van der Waals surface area contributed by atoms with Gasteiger partial charge in [0.05, 0.1) is 26.3 Å². The molecule has 6 heteroatoms. The Kier molecular flexibility index (Phi) is 6.01. The fraction of sp³-hybridized carbons (Fsp3) is 0.353. The number of thiophene rings is 1. The van der Waals surface area contributed by atoms with Crippen LogP contribution >= 0.6 is 11.3 Å². The van der Waals surface area contributed by atoms with Gasteiger partial charge in [0.15, 0.2) is 0 Å². The lowest BCUT2D eigenvalue weighted by atomic mass is 10.1.